The maximum atomic E-state index is 12.3. The van der Waals surface area contributed by atoms with E-state index >= 15 is 0 Å². The number of ether oxygens (including phenoxy) is 1. The summed E-state index contributed by atoms with van der Waals surface area (Å²) in [6, 6.07) is 12.5. The lowest BCUT2D eigenvalue weighted by molar-refractivity contribution is -0.274. The van der Waals surface area contributed by atoms with Crippen LogP contribution in [-0.2, 0) is 17.8 Å². The normalized spacial score (nSPS) is 11.4. The van der Waals surface area contributed by atoms with Crippen LogP contribution in [0, 0.1) is 0 Å². The van der Waals surface area contributed by atoms with Gasteiger partial charge in [-0.25, -0.2) is 0 Å². The van der Waals surface area contributed by atoms with Crippen LogP contribution in [0.1, 0.15) is 24.3 Å². The van der Waals surface area contributed by atoms with Crippen LogP contribution in [0.5, 0.6) is 5.75 Å². The number of carbonyl (C=O) groups excluding carboxylic acids is 1. The summed E-state index contributed by atoms with van der Waals surface area (Å²) in [7, 11) is 1.63. The van der Waals surface area contributed by atoms with Crippen LogP contribution in [0.3, 0.4) is 0 Å². The van der Waals surface area contributed by atoms with Gasteiger partial charge in [-0.1, -0.05) is 28.9 Å². The molecule has 1 amide bonds. The average Bonchev–Trinajstić information content (AvgIpc) is 3.17. The topological polar surface area (TPSA) is 68.5 Å². The van der Waals surface area contributed by atoms with Crippen LogP contribution in [0.15, 0.2) is 53.1 Å². The highest BCUT2D eigenvalue weighted by Crippen LogP contribution is 2.23. The molecule has 0 aliphatic heterocycles. The van der Waals surface area contributed by atoms with Gasteiger partial charge in [-0.3, -0.25) is 4.79 Å². The Bertz CT molecular complexity index is 1010. The SMILES string of the molecule is CN(Cc1ccc(OC(F)(F)F)cc1)C(=O)CCCc1nc(-c2ccc(Cl)cc2)no1. The first kappa shape index (κ1) is 22.6. The summed E-state index contributed by atoms with van der Waals surface area (Å²) >= 11 is 5.86. The van der Waals surface area contributed by atoms with E-state index < -0.39 is 6.36 Å². The van der Waals surface area contributed by atoms with Crippen molar-refractivity contribution in [1.29, 1.82) is 0 Å². The highest BCUT2D eigenvalue weighted by atomic mass is 35.5. The van der Waals surface area contributed by atoms with Crippen LogP contribution < -0.4 is 4.74 Å². The molecule has 0 spiro atoms. The van der Waals surface area contributed by atoms with Crippen molar-refractivity contribution in [3.63, 3.8) is 0 Å². The Kier molecular flexibility index (Phi) is 7.17. The number of halogens is 4. The van der Waals surface area contributed by atoms with Gasteiger partial charge in [-0.15, -0.1) is 13.2 Å². The quantitative estimate of drug-likeness (QED) is 0.464. The number of nitrogens with zero attached hydrogens (tertiary/aromatic N) is 3. The van der Waals surface area contributed by atoms with Gasteiger partial charge in [0.05, 0.1) is 0 Å². The zero-order chi connectivity index (χ0) is 22.4. The van der Waals surface area contributed by atoms with E-state index in [0.29, 0.717) is 35.1 Å². The van der Waals surface area contributed by atoms with Crippen LogP contribution in [0.25, 0.3) is 11.4 Å². The highest BCUT2D eigenvalue weighted by Gasteiger charge is 2.30. The summed E-state index contributed by atoms with van der Waals surface area (Å²) in [6.07, 6.45) is -3.50. The molecule has 1 aromatic heterocycles. The number of aryl methyl sites for hydroxylation is 1. The fourth-order valence-electron chi connectivity index (χ4n) is 2.81. The van der Waals surface area contributed by atoms with E-state index in [9.17, 15) is 18.0 Å². The third kappa shape index (κ3) is 6.99. The number of rotatable bonds is 8. The summed E-state index contributed by atoms with van der Waals surface area (Å²) in [4.78, 5) is 18.1. The first-order chi connectivity index (χ1) is 14.7. The molecule has 1 heterocycles. The van der Waals surface area contributed by atoms with E-state index in [4.69, 9.17) is 16.1 Å². The number of hydrogen-bond acceptors (Lipinski definition) is 5. The van der Waals surface area contributed by atoms with Crippen molar-refractivity contribution in [2.24, 2.45) is 0 Å². The lowest BCUT2D eigenvalue weighted by Crippen LogP contribution is -2.26. The van der Waals surface area contributed by atoms with Crippen LogP contribution >= 0.6 is 11.6 Å². The van der Waals surface area contributed by atoms with Gasteiger partial charge < -0.3 is 14.2 Å². The van der Waals surface area contributed by atoms with Crippen molar-refractivity contribution in [3.05, 3.63) is 65.0 Å². The summed E-state index contributed by atoms with van der Waals surface area (Å²) in [5.41, 5.74) is 1.47. The minimum atomic E-state index is -4.73. The molecule has 0 atom stereocenters. The van der Waals surface area contributed by atoms with Gasteiger partial charge in [0.15, 0.2) is 0 Å². The molecule has 3 rings (SSSR count). The predicted molar refractivity (Wildman–Crippen MR) is 107 cm³/mol. The Labute approximate surface area is 181 Å². The Balaban J connectivity index is 1.45. The van der Waals surface area contributed by atoms with Gasteiger partial charge in [-0.2, -0.15) is 4.98 Å². The van der Waals surface area contributed by atoms with Gasteiger partial charge >= 0.3 is 6.36 Å². The van der Waals surface area contributed by atoms with Crippen LogP contribution in [0.4, 0.5) is 13.2 Å². The van der Waals surface area contributed by atoms with Gasteiger partial charge in [0.25, 0.3) is 0 Å². The lowest BCUT2D eigenvalue weighted by atomic mass is 10.2. The Hall–Kier alpha value is -3.07. The van der Waals surface area contributed by atoms with Gasteiger partial charge in [0.2, 0.25) is 17.6 Å². The van der Waals surface area contributed by atoms with Gasteiger partial charge in [0, 0.05) is 37.0 Å². The summed E-state index contributed by atoms with van der Waals surface area (Å²) < 4.78 is 45.7. The zero-order valence-corrected chi connectivity index (χ0v) is 17.3. The van der Waals surface area contributed by atoms with Gasteiger partial charge in [0.1, 0.15) is 5.75 Å². The molecular weight excluding hydrogens is 435 g/mol. The number of amides is 1. The Morgan fingerprint density at radius 1 is 1.13 bits per heavy atom. The maximum absolute atomic E-state index is 12.3. The highest BCUT2D eigenvalue weighted by molar-refractivity contribution is 6.30. The second-order valence-electron chi connectivity index (χ2n) is 6.81. The van der Waals surface area contributed by atoms with E-state index in [1.807, 2.05) is 0 Å². The van der Waals surface area contributed by atoms with E-state index in [-0.39, 0.29) is 24.6 Å². The second kappa shape index (κ2) is 9.82. The fourth-order valence-corrected chi connectivity index (χ4v) is 2.94. The average molecular weight is 454 g/mol. The van der Waals surface area contributed by atoms with Crippen molar-refractivity contribution in [3.8, 4) is 17.1 Å². The monoisotopic (exact) mass is 453 g/mol. The molecule has 2 aromatic carbocycles. The Morgan fingerprint density at radius 2 is 1.81 bits per heavy atom. The molecule has 0 unspecified atom stereocenters. The Morgan fingerprint density at radius 3 is 2.45 bits per heavy atom. The first-order valence-corrected chi connectivity index (χ1v) is 9.74. The third-order valence-corrected chi connectivity index (χ3v) is 4.61. The molecular formula is C21H19ClF3N3O3. The molecule has 0 saturated heterocycles. The second-order valence-corrected chi connectivity index (χ2v) is 7.25. The van der Waals surface area contributed by atoms with Crippen molar-refractivity contribution < 1.29 is 27.2 Å². The standard InChI is InChI=1S/C21H19ClF3N3O3/c1-28(13-14-5-11-17(12-6-14)30-21(23,24)25)19(29)4-2-3-18-26-20(27-31-18)15-7-9-16(22)10-8-15/h5-12H,2-4,13H2,1H3. The van der Waals surface area contributed by atoms with Gasteiger partial charge in [-0.05, 0) is 48.4 Å². The predicted octanol–water partition coefficient (Wildman–Crippen LogP) is 5.27. The molecule has 0 aliphatic carbocycles. The minimum Gasteiger partial charge on any atom is -0.406 e. The lowest BCUT2D eigenvalue weighted by Gasteiger charge is -2.17. The van der Waals surface area contributed by atoms with E-state index in [1.165, 1.54) is 29.2 Å². The maximum Gasteiger partial charge on any atom is 0.573 e. The molecule has 0 radical (unpaired) electrons. The molecule has 6 nitrogen and oxygen atoms in total. The molecule has 31 heavy (non-hydrogen) atoms. The number of carbonyl (C=O) groups is 1. The van der Waals surface area contributed by atoms with Crippen molar-refractivity contribution in [2.45, 2.75) is 32.2 Å². The van der Waals surface area contributed by atoms with E-state index in [2.05, 4.69) is 14.9 Å². The van der Waals surface area contributed by atoms with Crippen molar-refractivity contribution in [2.75, 3.05) is 7.05 Å². The van der Waals surface area contributed by atoms with E-state index in [0.717, 1.165) is 5.56 Å². The molecule has 3 aromatic rings. The zero-order valence-electron chi connectivity index (χ0n) is 16.5. The number of alkyl halides is 3. The van der Waals surface area contributed by atoms with Crippen LogP contribution in [0.2, 0.25) is 5.02 Å². The summed E-state index contributed by atoms with van der Waals surface area (Å²) in [5.74, 6) is 0.476. The summed E-state index contributed by atoms with van der Waals surface area (Å²) in [6.45, 7) is 0.270. The molecule has 0 aliphatic rings. The smallest absolute Gasteiger partial charge is 0.406 e. The third-order valence-electron chi connectivity index (χ3n) is 4.35. The molecule has 0 fully saturated rings. The number of aromatic nitrogens is 2. The molecule has 10 heteroatoms. The van der Waals surface area contributed by atoms with Crippen LogP contribution in [-0.4, -0.2) is 34.4 Å². The van der Waals surface area contributed by atoms with Crippen molar-refractivity contribution in [1.82, 2.24) is 15.0 Å². The molecule has 0 N–H and O–H groups in total. The molecule has 0 saturated carbocycles. The largest absolute Gasteiger partial charge is 0.573 e. The van der Waals surface area contributed by atoms with Crippen molar-refractivity contribution >= 4 is 17.5 Å². The summed E-state index contributed by atoms with van der Waals surface area (Å²) in [5, 5.41) is 4.54. The fraction of sp³-hybridized carbons (Fsp3) is 0.286. The van der Waals surface area contributed by atoms with E-state index in [1.54, 1.807) is 31.3 Å². The number of hydrogen-bond donors (Lipinski definition) is 0. The molecule has 0 bridgehead atoms. The minimum absolute atomic E-state index is 0.104. The molecule has 164 valence electrons. The number of benzene rings is 2. The first-order valence-electron chi connectivity index (χ1n) is 9.37.